The fourth-order valence-corrected chi connectivity index (χ4v) is 3.61. The third kappa shape index (κ3) is 5.52. The van der Waals surface area contributed by atoms with Gasteiger partial charge in [0.25, 0.3) is 15.9 Å². The number of hydrazone groups is 1. The number of nitrogens with one attached hydrogen (secondary N) is 2. The zero-order valence-electron chi connectivity index (χ0n) is 15.8. The minimum Gasteiger partial charge on any atom is -0.322 e. The van der Waals surface area contributed by atoms with E-state index >= 15 is 0 Å². The highest BCUT2D eigenvalue weighted by molar-refractivity contribution is 9.10. The fraction of sp³-hybridized carbons (Fsp3) is 0.0476. The predicted octanol–water partition coefficient (Wildman–Crippen LogP) is 4.54. The van der Waals surface area contributed by atoms with Gasteiger partial charge in [0, 0.05) is 15.7 Å². The molecular formula is C21H17BrFN3O3S. The summed E-state index contributed by atoms with van der Waals surface area (Å²) in [7, 11) is -3.78. The van der Waals surface area contributed by atoms with Gasteiger partial charge >= 0.3 is 0 Å². The Morgan fingerprint density at radius 1 is 0.967 bits per heavy atom. The second-order valence-corrected chi connectivity index (χ2v) is 8.86. The Labute approximate surface area is 182 Å². The number of hydrogen-bond acceptors (Lipinski definition) is 4. The van der Waals surface area contributed by atoms with Crippen LogP contribution in [0.5, 0.6) is 0 Å². The molecule has 0 spiro atoms. The lowest BCUT2D eigenvalue weighted by molar-refractivity contribution is 0.102. The maximum Gasteiger partial charge on any atom is 0.276 e. The van der Waals surface area contributed by atoms with Gasteiger partial charge in [-0.3, -0.25) is 4.79 Å². The van der Waals surface area contributed by atoms with Crippen molar-refractivity contribution in [2.75, 3.05) is 5.32 Å². The van der Waals surface area contributed by atoms with E-state index in [0.29, 0.717) is 17.0 Å². The average molecular weight is 490 g/mol. The number of nitrogens with zero attached hydrogens (tertiary/aromatic N) is 1. The molecule has 3 aromatic rings. The van der Waals surface area contributed by atoms with Crippen LogP contribution in [0.3, 0.4) is 0 Å². The molecule has 30 heavy (non-hydrogen) atoms. The molecule has 6 nitrogen and oxygen atoms in total. The molecule has 0 aromatic heterocycles. The summed E-state index contributed by atoms with van der Waals surface area (Å²) in [6.07, 6.45) is 0. The van der Waals surface area contributed by atoms with Crippen LogP contribution in [0.2, 0.25) is 0 Å². The zero-order chi connectivity index (χ0) is 21.7. The molecule has 0 atom stereocenters. The molecule has 3 rings (SSSR count). The van der Waals surface area contributed by atoms with Crippen molar-refractivity contribution in [2.45, 2.75) is 11.8 Å². The molecule has 0 aliphatic carbocycles. The van der Waals surface area contributed by atoms with Gasteiger partial charge in [-0.15, -0.1) is 0 Å². The summed E-state index contributed by atoms with van der Waals surface area (Å²) in [5.74, 6) is -0.926. The van der Waals surface area contributed by atoms with Crippen molar-refractivity contribution < 1.29 is 17.6 Å². The maximum atomic E-state index is 13.2. The highest BCUT2D eigenvalue weighted by Crippen LogP contribution is 2.15. The number of halogens is 2. The molecule has 2 N–H and O–H groups in total. The van der Waals surface area contributed by atoms with Crippen LogP contribution in [0.4, 0.5) is 10.1 Å². The number of sulfonamides is 1. The molecule has 0 aliphatic heterocycles. The molecule has 0 bridgehead atoms. The van der Waals surface area contributed by atoms with E-state index in [1.54, 1.807) is 43.3 Å². The van der Waals surface area contributed by atoms with Crippen LogP contribution in [0.25, 0.3) is 0 Å². The average Bonchev–Trinajstić information content (AvgIpc) is 2.73. The first-order chi connectivity index (χ1) is 14.2. The van der Waals surface area contributed by atoms with Crippen LogP contribution >= 0.6 is 15.9 Å². The topological polar surface area (TPSA) is 87.6 Å². The second kappa shape index (κ2) is 9.19. The van der Waals surface area contributed by atoms with Crippen LogP contribution in [0, 0.1) is 5.82 Å². The first-order valence-corrected chi connectivity index (χ1v) is 11.0. The number of anilines is 1. The Kier molecular flexibility index (Phi) is 6.63. The van der Waals surface area contributed by atoms with E-state index in [1.807, 2.05) is 0 Å². The summed E-state index contributed by atoms with van der Waals surface area (Å²) < 4.78 is 38.6. The molecular weight excluding hydrogens is 473 g/mol. The lowest BCUT2D eigenvalue weighted by Crippen LogP contribution is -2.20. The molecule has 0 radical (unpaired) electrons. The van der Waals surface area contributed by atoms with Crippen LogP contribution < -0.4 is 10.1 Å². The predicted molar refractivity (Wildman–Crippen MR) is 117 cm³/mol. The Hall–Kier alpha value is -3.04. The molecule has 0 saturated carbocycles. The van der Waals surface area contributed by atoms with Gasteiger partial charge in [0.2, 0.25) is 0 Å². The molecule has 0 heterocycles. The zero-order valence-corrected chi connectivity index (χ0v) is 18.2. The number of amides is 1. The smallest absolute Gasteiger partial charge is 0.276 e. The Morgan fingerprint density at radius 3 is 2.27 bits per heavy atom. The van der Waals surface area contributed by atoms with Gasteiger partial charge in [-0.2, -0.15) is 18.4 Å². The molecule has 0 fully saturated rings. The Balaban J connectivity index is 1.67. The van der Waals surface area contributed by atoms with E-state index in [0.717, 1.165) is 10.5 Å². The first kappa shape index (κ1) is 21.7. The standard InChI is InChI=1S/C21H17BrFN3O3S/c1-14(25-26-30(28,29)20-11-7-17(22)8-12-20)15-5-9-19(10-6-15)24-21(27)16-3-2-4-18(23)13-16/h2-13,26H,1H3,(H,24,27)/b25-14+. The van der Waals surface area contributed by atoms with Crippen LogP contribution in [0.15, 0.2) is 87.3 Å². The van der Waals surface area contributed by atoms with Gasteiger partial charge in [-0.25, -0.2) is 4.39 Å². The van der Waals surface area contributed by atoms with Crippen LogP contribution in [-0.4, -0.2) is 20.0 Å². The summed E-state index contributed by atoms with van der Waals surface area (Å²) in [5.41, 5.74) is 1.83. The lowest BCUT2D eigenvalue weighted by atomic mass is 10.1. The minimum atomic E-state index is -3.78. The van der Waals surface area contributed by atoms with Crippen molar-refractivity contribution >= 4 is 43.3 Å². The van der Waals surface area contributed by atoms with Crippen molar-refractivity contribution in [2.24, 2.45) is 5.10 Å². The van der Waals surface area contributed by atoms with Gasteiger partial charge < -0.3 is 5.32 Å². The van der Waals surface area contributed by atoms with Crippen molar-refractivity contribution in [3.05, 3.63) is 94.2 Å². The van der Waals surface area contributed by atoms with E-state index in [1.165, 1.54) is 30.3 Å². The molecule has 0 unspecified atom stereocenters. The van der Waals surface area contributed by atoms with Gasteiger partial charge in [0.1, 0.15) is 5.82 Å². The number of benzene rings is 3. The van der Waals surface area contributed by atoms with Gasteiger partial charge in [0.05, 0.1) is 10.6 Å². The van der Waals surface area contributed by atoms with Crippen molar-refractivity contribution in [3.63, 3.8) is 0 Å². The third-order valence-corrected chi connectivity index (χ3v) is 5.86. The minimum absolute atomic E-state index is 0.0951. The molecule has 154 valence electrons. The van der Waals surface area contributed by atoms with Gasteiger partial charge in [-0.05, 0) is 67.1 Å². The number of hydrogen-bond donors (Lipinski definition) is 2. The van der Waals surface area contributed by atoms with E-state index < -0.39 is 21.7 Å². The van der Waals surface area contributed by atoms with E-state index in [-0.39, 0.29) is 10.5 Å². The molecule has 3 aromatic carbocycles. The highest BCUT2D eigenvalue weighted by Gasteiger charge is 2.13. The maximum absolute atomic E-state index is 13.2. The molecule has 0 aliphatic rings. The van der Waals surface area contributed by atoms with E-state index in [2.05, 4.69) is 31.2 Å². The number of carbonyl (C=O) groups excluding carboxylic acids is 1. The third-order valence-electron chi connectivity index (χ3n) is 4.10. The quantitative estimate of drug-likeness (QED) is 0.393. The normalized spacial score (nSPS) is 11.8. The van der Waals surface area contributed by atoms with Crippen molar-refractivity contribution in [3.8, 4) is 0 Å². The van der Waals surface area contributed by atoms with Crippen molar-refractivity contribution in [1.29, 1.82) is 0 Å². The summed E-state index contributed by atoms with van der Waals surface area (Å²) in [6, 6.07) is 18.2. The summed E-state index contributed by atoms with van der Waals surface area (Å²) in [5, 5.41) is 6.62. The molecule has 9 heteroatoms. The Morgan fingerprint density at radius 2 is 1.63 bits per heavy atom. The summed E-state index contributed by atoms with van der Waals surface area (Å²) in [6.45, 7) is 1.66. The van der Waals surface area contributed by atoms with Gasteiger partial charge in [0.15, 0.2) is 0 Å². The second-order valence-electron chi connectivity index (χ2n) is 6.29. The van der Waals surface area contributed by atoms with Crippen molar-refractivity contribution in [1.82, 2.24) is 4.83 Å². The molecule has 0 saturated heterocycles. The van der Waals surface area contributed by atoms with E-state index in [4.69, 9.17) is 0 Å². The van der Waals surface area contributed by atoms with Gasteiger partial charge in [-0.1, -0.05) is 34.1 Å². The largest absolute Gasteiger partial charge is 0.322 e. The first-order valence-electron chi connectivity index (χ1n) is 8.73. The number of carbonyl (C=O) groups is 1. The van der Waals surface area contributed by atoms with Crippen LogP contribution in [0.1, 0.15) is 22.8 Å². The number of rotatable bonds is 6. The highest BCUT2D eigenvalue weighted by atomic mass is 79.9. The SMILES string of the molecule is C/C(=N\NS(=O)(=O)c1ccc(Br)cc1)c1ccc(NC(=O)c2cccc(F)c2)cc1. The van der Waals surface area contributed by atoms with Crippen LogP contribution in [-0.2, 0) is 10.0 Å². The summed E-state index contributed by atoms with van der Waals surface area (Å²) in [4.78, 5) is 14.5. The Bertz CT molecular complexity index is 1190. The summed E-state index contributed by atoms with van der Waals surface area (Å²) >= 11 is 3.26. The van der Waals surface area contributed by atoms with E-state index in [9.17, 15) is 17.6 Å². The fourth-order valence-electron chi connectivity index (χ4n) is 2.49. The lowest BCUT2D eigenvalue weighted by Gasteiger charge is -2.08. The monoisotopic (exact) mass is 489 g/mol. The molecule has 1 amide bonds.